The van der Waals surface area contributed by atoms with Gasteiger partial charge in [0, 0.05) is 37.0 Å². The van der Waals surface area contributed by atoms with Gasteiger partial charge in [0.25, 0.3) is 0 Å². The number of aliphatic hydroxyl groups excluding tert-OH is 1. The molecule has 1 fully saturated rings. The van der Waals surface area contributed by atoms with Crippen LogP contribution in [0.5, 0.6) is 11.5 Å². The lowest BCUT2D eigenvalue weighted by atomic mass is 9.90. The average Bonchev–Trinajstić information content (AvgIpc) is 2.97. The maximum atomic E-state index is 13.7. The van der Waals surface area contributed by atoms with Crippen molar-refractivity contribution in [1.29, 1.82) is 0 Å². The van der Waals surface area contributed by atoms with Gasteiger partial charge >= 0.3 is 0 Å². The van der Waals surface area contributed by atoms with Crippen molar-refractivity contribution in [2.75, 3.05) is 33.9 Å². The Kier molecular flexibility index (Phi) is 10.0. The third-order valence-corrected chi connectivity index (χ3v) is 11.8. The fourth-order valence-corrected chi connectivity index (χ4v) is 8.24. The van der Waals surface area contributed by atoms with Crippen LogP contribution in [0, 0.1) is 23.7 Å². The minimum atomic E-state index is -4.01. The summed E-state index contributed by atoms with van der Waals surface area (Å²) in [5.74, 6) is 7.12. The molecular weight excluding hydrogens is 564 g/mol. The highest BCUT2D eigenvalue weighted by molar-refractivity contribution is 7.89. The van der Waals surface area contributed by atoms with Crippen molar-refractivity contribution in [3.05, 3.63) is 48.0 Å². The van der Waals surface area contributed by atoms with Crippen LogP contribution in [0.2, 0.25) is 0 Å². The molecule has 11 heteroatoms. The topological polar surface area (TPSA) is 113 Å². The highest BCUT2D eigenvalue weighted by Crippen LogP contribution is 2.35. The molecule has 1 saturated carbocycles. The molecule has 0 saturated heterocycles. The second-order valence-corrected chi connectivity index (χ2v) is 14.9. The lowest BCUT2D eigenvalue weighted by Crippen LogP contribution is -2.50. The van der Waals surface area contributed by atoms with Gasteiger partial charge in [0.15, 0.2) is 0 Å². The zero-order chi connectivity index (χ0) is 29.8. The largest absolute Gasteiger partial charge is 0.497 e. The molecule has 0 amide bonds. The van der Waals surface area contributed by atoms with Crippen LogP contribution < -0.4 is 9.47 Å². The summed E-state index contributed by atoms with van der Waals surface area (Å²) in [5.41, 5.74) is 0.637. The van der Waals surface area contributed by atoms with Crippen LogP contribution in [0.1, 0.15) is 51.5 Å². The Bertz CT molecular complexity index is 1470. The Morgan fingerprint density at radius 2 is 1.83 bits per heavy atom. The SMILES string of the molecule is COc1ccc(S(=O)(=O)N(C)C[C@H]2Oc3cc(C#CC4CCCCC4)ccc3S(=O)(=O)N([C@H](C)CO)C[C@@H]2C)cc1. The van der Waals surface area contributed by atoms with E-state index in [9.17, 15) is 21.9 Å². The van der Waals surface area contributed by atoms with Crippen LogP contribution in [0.3, 0.4) is 0 Å². The van der Waals surface area contributed by atoms with Crippen molar-refractivity contribution in [3.63, 3.8) is 0 Å². The molecule has 1 N–H and O–H groups in total. The van der Waals surface area contributed by atoms with Crippen LogP contribution in [-0.4, -0.2) is 76.6 Å². The number of benzene rings is 2. The molecule has 0 radical (unpaired) electrons. The Balaban J connectivity index is 1.69. The van der Waals surface area contributed by atoms with Gasteiger partial charge in [0.05, 0.1) is 25.2 Å². The van der Waals surface area contributed by atoms with E-state index < -0.39 is 38.1 Å². The molecule has 1 heterocycles. The summed E-state index contributed by atoms with van der Waals surface area (Å²) in [6, 6.07) is 10.3. The molecule has 0 bridgehead atoms. The highest BCUT2D eigenvalue weighted by atomic mass is 32.2. The van der Waals surface area contributed by atoms with E-state index in [4.69, 9.17) is 9.47 Å². The van der Waals surface area contributed by atoms with Crippen molar-refractivity contribution in [3.8, 4) is 23.3 Å². The predicted octanol–water partition coefficient (Wildman–Crippen LogP) is 3.72. The molecule has 224 valence electrons. The van der Waals surface area contributed by atoms with Gasteiger partial charge < -0.3 is 14.6 Å². The molecule has 0 spiro atoms. The predicted molar refractivity (Wildman–Crippen MR) is 157 cm³/mol. The average molecular weight is 605 g/mol. The van der Waals surface area contributed by atoms with Gasteiger partial charge in [0.1, 0.15) is 22.5 Å². The number of fused-ring (bicyclic) bond motifs is 1. The summed E-state index contributed by atoms with van der Waals surface area (Å²) in [6.45, 7) is 3.14. The monoisotopic (exact) mass is 604 g/mol. The van der Waals surface area contributed by atoms with E-state index in [0.717, 1.165) is 25.7 Å². The summed E-state index contributed by atoms with van der Waals surface area (Å²) in [7, 11) is -4.89. The van der Waals surface area contributed by atoms with Gasteiger partial charge in [-0.1, -0.05) is 38.0 Å². The number of aliphatic hydroxyl groups is 1. The number of nitrogens with zero attached hydrogens (tertiary/aromatic N) is 2. The third-order valence-electron chi connectivity index (χ3n) is 7.90. The second kappa shape index (κ2) is 13.1. The van der Waals surface area contributed by atoms with E-state index in [1.807, 2.05) is 6.92 Å². The summed E-state index contributed by atoms with van der Waals surface area (Å²) >= 11 is 0. The van der Waals surface area contributed by atoms with E-state index in [2.05, 4.69) is 11.8 Å². The van der Waals surface area contributed by atoms with Gasteiger partial charge in [-0.25, -0.2) is 16.8 Å². The van der Waals surface area contributed by atoms with E-state index >= 15 is 0 Å². The zero-order valence-corrected chi connectivity index (χ0v) is 25.7. The van der Waals surface area contributed by atoms with E-state index in [0.29, 0.717) is 17.2 Å². The molecule has 9 nitrogen and oxygen atoms in total. The molecular formula is C30H40N2O7S2. The normalized spacial score (nSPS) is 22.4. The Morgan fingerprint density at radius 1 is 1.15 bits per heavy atom. The summed E-state index contributed by atoms with van der Waals surface area (Å²) in [6.07, 6.45) is 4.99. The van der Waals surface area contributed by atoms with E-state index in [-0.39, 0.29) is 35.2 Å². The molecule has 2 aromatic rings. The number of likely N-dealkylation sites (N-methyl/N-ethyl adjacent to an activating group) is 1. The first-order valence-electron chi connectivity index (χ1n) is 14.0. The summed E-state index contributed by atoms with van der Waals surface area (Å²) in [5, 5.41) is 9.88. The minimum absolute atomic E-state index is 0.0195. The molecule has 3 atom stereocenters. The number of methoxy groups -OCH3 is 1. The van der Waals surface area contributed by atoms with Crippen LogP contribution in [0.25, 0.3) is 0 Å². The van der Waals surface area contributed by atoms with Crippen LogP contribution in [0.4, 0.5) is 0 Å². The van der Waals surface area contributed by atoms with Crippen LogP contribution >= 0.6 is 0 Å². The van der Waals surface area contributed by atoms with Gasteiger partial charge in [-0.3, -0.25) is 0 Å². The van der Waals surface area contributed by atoms with Crippen LogP contribution in [-0.2, 0) is 20.0 Å². The standard InChI is InChI=1S/C30H40N2O7S2/c1-22-19-32(23(2)21-33)41(36,37)30-17-12-25(11-10-24-8-6-5-7-9-24)18-28(30)39-29(22)20-31(3)40(34,35)27-15-13-26(38-4)14-16-27/h12-18,22-24,29,33H,5-9,19-21H2,1-4H3/t22-,23+,29+/m0/s1. The number of ether oxygens (including phenoxy) is 2. The third kappa shape index (κ3) is 7.07. The lowest BCUT2D eigenvalue weighted by Gasteiger charge is -2.37. The first kappa shape index (κ1) is 31.3. The van der Waals surface area contributed by atoms with E-state index in [1.54, 1.807) is 31.2 Å². The van der Waals surface area contributed by atoms with Crippen molar-refractivity contribution >= 4 is 20.0 Å². The van der Waals surface area contributed by atoms with Crippen molar-refractivity contribution < 1.29 is 31.4 Å². The minimum Gasteiger partial charge on any atom is -0.497 e. The molecule has 1 aliphatic heterocycles. The summed E-state index contributed by atoms with van der Waals surface area (Å²) in [4.78, 5) is 0.0802. The smallest absolute Gasteiger partial charge is 0.247 e. The lowest BCUT2D eigenvalue weighted by molar-refractivity contribution is 0.0904. The second-order valence-electron chi connectivity index (χ2n) is 11.0. The van der Waals surface area contributed by atoms with Crippen molar-refractivity contribution in [2.45, 2.75) is 67.9 Å². The molecule has 41 heavy (non-hydrogen) atoms. The Morgan fingerprint density at radius 3 is 2.46 bits per heavy atom. The van der Waals surface area contributed by atoms with E-state index in [1.165, 1.54) is 47.4 Å². The number of hydrogen-bond acceptors (Lipinski definition) is 7. The molecule has 0 aromatic heterocycles. The summed E-state index contributed by atoms with van der Waals surface area (Å²) < 4.78 is 68.3. The van der Waals surface area contributed by atoms with Gasteiger partial charge in [0.2, 0.25) is 20.0 Å². The number of sulfonamides is 2. The highest BCUT2D eigenvalue weighted by Gasteiger charge is 2.39. The zero-order valence-electron chi connectivity index (χ0n) is 24.1. The van der Waals surface area contributed by atoms with Gasteiger partial charge in [-0.15, -0.1) is 0 Å². The van der Waals surface area contributed by atoms with Gasteiger partial charge in [-0.2, -0.15) is 8.61 Å². The molecule has 0 unspecified atom stereocenters. The van der Waals surface area contributed by atoms with Crippen LogP contribution in [0.15, 0.2) is 52.3 Å². The Hall–Kier alpha value is -2.62. The maximum Gasteiger partial charge on any atom is 0.247 e. The van der Waals surface area contributed by atoms with Crippen molar-refractivity contribution in [2.24, 2.45) is 11.8 Å². The number of rotatable bonds is 7. The maximum absolute atomic E-state index is 13.7. The molecule has 1 aliphatic carbocycles. The van der Waals surface area contributed by atoms with Gasteiger partial charge in [-0.05, 0) is 62.2 Å². The molecule has 2 aromatic carbocycles. The first-order chi connectivity index (χ1) is 19.5. The Labute approximate surface area is 244 Å². The number of hydrogen-bond donors (Lipinski definition) is 1. The van der Waals surface area contributed by atoms with Crippen molar-refractivity contribution in [1.82, 2.24) is 8.61 Å². The first-order valence-corrected chi connectivity index (χ1v) is 16.9. The fourth-order valence-electron chi connectivity index (χ4n) is 5.23. The molecule has 2 aliphatic rings. The fraction of sp³-hybridized carbons (Fsp3) is 0.533. The quantitative estimate of drug-likeness (QED) is 0.480. The molecule has 4 rings (SSSR count).